The van der Waals surface area contributed by atoms with Gasteiger partial charge in [0, 0.05) is 51.9 Å². The van der Waals surface area contributed by atoms with Gasteiger partial charge < -0.3 is 20.7 Å². The molecule has 1 aliphatic heterocycles. The quantitative estimate of drug-likeness (QED) is 0.260. The van der Waals surface area contributed by atoms with Gasteiger partial charge in [-0.25, -0.2) is 0 Å². The Labute approximate surface area is 198 Å². The average molecular weight is 531 g/mol. The summed E-state index contributed by atoms with van der Waals surface area (Å²) in [7, 11) is 1.80. The zero-order chi connectivity index (χ0) is 21.1. The molecule has 0 saturated carbocycles. The number of guanidine groups is 1. The van der Waals surface area contributed by atoms with Crippen molar-refractivity contribution in [3.63, 3.8) is 0 Å². The number of aliphatic imine (C=N–C) groups is 1. The van der Waals surface area contributed by atoms with Crippen LogP contribution in [0, 0.1) is 5.92 Å². The van der Waals surface area contributed by atoms with Gasteiger partial charge in [-0.15, -0.1) is 24.0 Å². The van der Waals surface area contributed by atoms with E-state index in [1.165, 1.54) is 19.8 Å². The Hall–Kier alpha value is -1.39. The Bertz CT molecular complexity index is 661. The molecule has 3 N–H and O–H groups in total. The van der Waals surface area contributed by atoms with Crippen LogP contribution in [-0.4, -0.2) is 62.7 Å². The third kappa shape index (κ3) is 8.77. The maximum atomic E-state index is 11.3. The molecule has 1 aromatic rings. The molecule has 8 heteroatoms. The zero-order valence-electron chi connectivity index (χ0n) is 18.7. The summed E-state index contributed by atoms with van der Waals surface area (Å²) in [6.07, 6.45) is 2.34. The van der Waals surface area contributed by atoms with Crippen LogP contribution in [0.4, 0.5) is 5.69 Å². The molecular formula is C22H38IN5O2. The van der Waals surface area contributed by atoms with Gasteiger partial charge in [-0.3, -0.25) is 14.7 Å². The summed E-state index contributed by atoms with van der Waals surface area (Å²) < 4.78 is 5.54. The highest BCUT2D eigenvalue weighted by molar-refractivity contribution is 14.0. The Kier molecular flexibility index (Phi) is 13.0. The SMILES string of the molecule is CCC(CC)C(CNC(=NC)NCc1cccc(NC(C)=O)c1)N1CCOCC1.I. The number of amides is 1. The minimum absolute atomic E-state index is 0. The van der Waals surface area contributed by atoms with E-state index in [1.54, 1.807) is 7.05 Å². The van der Waals surface area contributed by atoms with Crippen molar-refractivity contribution in [2.75, 3.05) is 45.2 Å². The van der Waals surface area contributed by atoms with E-state index >= 15 is 0 Å². The number of anilines is 1. The molecule has 1 aromatic carbocycles. The summed E-state index contributed by atoms with van der Waals surface area (Å²) in [5.74, 6) is 1.37. The highest BCUT2D eigenvalue weighted by atomic mass is 127. The number of halogens is 1. The normalized spacial score (nSPS) is 16.0. The van der Waals surface area contributed by atoms with Crippen LogP contribution in [0.3, 0.4) is 0 Å². The Morgan fingerprint density at radius 1 is 1.20 bits per heavy atom. The van der Waals surface area contributed by atoms with Crippen LogP contribution >= 0.6 is 24.0 Å². The summed E-state index contributed by atoms with van der Waals surface area (Å²) in [6.45, 7) is 11.2. The summed E-state index contributed by atoms with van der Waals surface area (Å²) in [6, 6.07) is 8.31. The highest BCUT2D eigenvalue weighted by Gasteiger charge is 2.26. The second-order valence-corrected chi connectivity index (χ2v) is 7.48. The lowest BCUT2D eigenvalue weighted by Crippen LogP contribution is -2.53. The molecule has 1 amide bonds. The second-order valence-electron chi connectivity index (χ2n) is 7.48. The van der Waals surface area contributed by atoms with E-state index in [9.17, 15) is 4.79 Å². The number of rotatable bonds is 9. The van der Waals surface area contributed by atoms with Crippen molar-refractivity contribution in [1.82, 2.24) is 15.5 Å². The maximum Gasteiger partial charge on any atom is 0.221 e. The van der Waals surface area contributed by atoms with Crippen LogP contribution in [0.1, 0.15) is 39.2 Å². The van der Waals surface area contributed by atoms with Gasteiger partial charge in [-0.1, -0.05) is 38.8 Å². The Morgan fingerprint density at radius 2 is 1.90 bits per heavy atom. The lowest BCUT2D eigenvalue weighted by molar-refractivity contribution is -0.114. The molecule has 1 saturated heterocycles. The minimum atomic E-state index is -0.0665. The molecule has 7 nitrogen and oxygen atoms in total. The lowest BCUT2D eigenvalue weighted by Gasteiger charge is -2.39. The molecule has 0 spiro atoms. The van der Waals surface area contributed by atoms with Crippen LogP contribution in [0.2, 0.25) is 0 Å². The highest BCUT2D eigenvalue weighted by Crippen LogP contribution is 2.19. The topological polar surface area (TPSA) is 78.0 Å². The molecule has 1 heterocycles. The lowest BCUT2D eigenvalue weighted by atomic mass is 9.92. The van der Waals surface area contributed by atoms with E-state index in [1.807, 2.05) is 24.3 Å². The predicted octanol–water partition coefficient (Wildman–Crippen LogP) is 3.07. The van der Waals surface area contributed by atoms with Crippen molar-refractivity contribution in [1.29, 1.82) is 0 Å². The van der Waals surface area contributed by atoms with Gasteiger partial charge >= 0.3 is 0 Å². The maximum absolute atomic E-state index is 11.3. The van der Waals surface area contributed by atoms with Crippen LogP contribution in [0.5, 0.6) is 0 Å². The van der Waals surface area contributed by atoms with Crippen molar-refractivity contribution in [3.05, 3.63) is 29.8 Å². The Balaban J connectivity index is 0.00000450. The van der Waals surface area contributed by atoms with Gasteiger partial charge in [-0.2, -0.15) is 0 Å². The van der Waals surface area contributed by atoms with E-state index in [0.717, 1.165) is 50.1 Å². The third-order valence-electron chi connectivity index (χ3n) is 5.52. The van der Waals surface area contributed by atoms with Crippen LogP contribution in [-0.2, 0) is 16.1 Å². The molecule has 1 atom stereocenters. The average Bonchev–Trinajstić information content (AvgIpc) is 2.73. The second kappa shape index (κ2) is 14.6. The first-order valence-electron chi connectivity index (χ1n) is 10.7. The summed E-state index contributed by atoms with van der Waals surface area (Å²) >= 11 is 0. The van der Waals surface area contributed by atoms with Crippen molar-refractivity contribution in [2.45, 2.75) is 46.2 Å². The first-order valence-corrected chi connectivity index (χ1v) is 10.7. The first-order chi connectivity index (χ1) is 14.1. The fraction of sp³-hybridized carbons (Fsp3) is 0.636. The summed E-state index contributed by atoms with van der Waals surface area (Å²) in [4.78, 5) is 18.2. The number of carbonyl (C=O) groups excluding carboxylic acids is 1. The van der Waals surface area contributed by atoms with Gasteiger partial charge in [0.15, 0.2) is 5.96 Å². The van der Waals surface area contributed by atoms with E-state index in [0.29, 0.717) is 18.5 Å². The molecule has 30 heavy (non-hydrogen) atoms. The summed E-state index contributed by atoms with van der Waals surface area (Å²) in [5.41, 5.74) is 1.89. The molecule has 1 fully saturated rings. The summed E-state index contributed by atoms with van der Waals surface area (Å²) in [5, 5.41) is 9.72. The number of hydrogen-bond acceptors (Lipinski definition) is 4. The van der Waals surface area contributed by atoms with Crippen molar-refractivity contribution in [2.24, 2.45) is 10.9 Å². The zero-order valence-corrected chi connectivity index (χ0v) is 21.1. The van der Waals surface area contributed by atoms with Crippen molar-refractivity contribution in [3.8, 4) is 0 Å². The number of benzene rings is 1. The standard InChI is InChI=1S/C22H37N5O2.HI/c1-5-19(6-2)21(27-10-12-29-13-11-27)16-25-22(23-4)24-15-18-8-7-9-20(14-18)26-17(3)28;/h7-9,14,19,21H,5-6,10-13,15-16H2,1-4H3,(H,26,28)(H2,23,24,25);1H. The van der Waals surface area contributed by atoms with Crippen LogP contribution in [0.25, 0.3) is 0 Å². The number of carbonyl (C=O) groups is 1. The van der Waals surface area contributed by atoms with Gasteiger partial charge in [0.1, 0.15) is 0 Å². The van der Waals surface area contributed by atoms with Gasteiger partial charge in [0.25, 0.3) is 0 Å². The monoisotopic (exact) mass is 531 g/mol. The van der Waals surface area contributed by atoms with Crippen LogP contribution < -0.4 is 16.0 Å². The Morgan fingerprint density at radius 3 is 2.50 bits per heavy atom. The molecule has 2 rings (SSSR count). The van der Waals surface area contributed by atoms with E-state index in [2.05, 4.69) is 39.7 Å². The molecule has 170 valence electrons. The largest absolute Gasteiger partial charge is 0.379 e. The van der Waals surface area contributed by atoms with E-state index in [-0.39, 0.29) is 29.9 Å². The van der Waals surface area contributed by atoms with Gasteiger partial charge in [-0.05, 0) is 23.6 Å². The number of nitrogens with zero attached hydrogens (tertiary/aromatic N) is 2. The van der Waals surface area contributed by atoms with Crippen LogP contribution in [0.15, 0.2) is 29.3 Å². The fourth-order valence-electron chi connectivity index (χ4n) is 3.91. The molecule has 0 aliphatic carbocycles. The number of morpholine rings is 1. The third-order valence-corrected chi connectivity index (χ3v) is 5.52. The molecule has 0 radical (unpaired) electrons. The number of ether oxygens (including phenoxy) is 1. The smallest absolute Gasteiger partial charge is 0.221 e. The molecular weight excluding hydrogens is 493 g/mol. The van der Waals surface area contributed by atoms with Crippen molar-refractivity contribution < 1.29 is 9.53 Å². The minimum Gasteiger partial charge on any atom is -0.379 e. The predicted molar refractivity (Wildman–Crippen MR) is 135 cm³/mol. The molecule has 1 unspecified atom stereocenters. The molecule has 1 aliphatic rings. The fourth-order valence-corrected chi connectivity index (χ4v) is 3.91. The molecule has 0 bridgehead atoms. The van der Waals surface area contributed by atoms with Gasteiger partial charge in [0.2, 0.25) is 5.91 Å². The van der Waals surface area contributed by atoms with E-state index < -0.39 is 0 Å². The van der Waals surface area contributed by atoms with Gasteiger partial charge in [0.05, 0.1) is 13.2 Å². The van der Waals surface area contributed by atoms with E-state index in [4.69, 9.17) is 4.74 Å². The van der Waals surface area contributed by atoms with Crippen molar-refractivity contribution >= 4 is 41.5 Å². The number of hydrogen-bond donors (Lipinski definition) is 3. The first kappa shape index (κ1) is 26.6. The number of nitrogens with one attached hydrogen (secondary N) is 3. The molecule has 0 aromatic heterocycles.